The number of likely N-dealkylation sites (N-methyl/N-ethyl adjacent to an activating group) is 1. The lowest BCUT2D eigenvalue weighted by Gasteiger charge is -2.39. The number of nitrogens with one attached hydrogen (secondary N) is 1. The Hall–Kier alpha value is -4.21. The van der Waals surface area contributed by atoms with E-state index in [1.54, 1.807) is 18.9 Å². The van der Waals surface area contributed by atoms with Crippen molar-refractivity contribution in [2.45, 2.75) is 37.6 Å². The van der Waals surface area contributed by atoms with E-state index in [0.29, 0.717) is 13.1 Å². The Morgan fingerprint density at radius 2 is 1.54 bits per heavy atom. The van der Waals surface area contributed by atoms with Gasteiger partial charge in [-0.05, 0) is 41.8 Å². The van der Waals surface area contributed by atoms with Gasteiger partial charge in [0, 0.05) is 25.6 Å². The van der Waals surface area contributed by atoms with Gasteiger partial charge in [0.25, 0.3) is 0 Å². The van der Waals surface area contributed by atoms with E-state index in [-0.39, 0.29) is 25.7 Å². The summed E-state index contributed by atoms with van der Waals surface area (Å²) in [5.41, 5.74) is 5.35. The number of nitrogens with zero attached hydrogens (tertiary/aromatic N) is 2. The van der Waals surface area contributed by atoms with Crippen molar-refractivity contribution in [1.29, 1.82) is 0 Å². The largest absolute Gasteiger partial charge is 0.480 e. The first kappa shape index (κ1) is 28.3. The van der Waals surface area contributed by atoms with Crippen LogP contribution in [-0.2, 0) is 25.7 Å². The molecule has 1 heterocycles. The van der Waals surface area contributed by atoms with E-state index in [2.05, 4.69) is 17.4 Å². The highest BCUT2D eigenvalue weighted by Gasteiger charge is 2.38. The van der Waals surface area contributed by atoms with E-state index in [0.717, 1.165) is 27.8 Å². The molecule has 214 valence electrons. The normalized spacial score (nSPS) is 18.2. The number of alkyl carbamates (subject to hydrolysis) is 1. The fraction of sp³-hybridized carbons (Fsp3) is 0.344. The molecule has 1 saturated heterocycles. The Labute approximate surface area is 239 Å². The second kappa shape index (κ2) is 12.5. The number of ether oxygens (including phenoxy) is 2. The molecule has 1 aliphatic carbocycles. The monoisotopic (exact) mass is 557 g/mol. The van der Waals surface area contributed by atoms with Gasteiger partial charge in [-0.15, -0.1) is 0 Å². The van der Waals surface area contributed by atoms with Crippen LogP contribution in [0, 0.1) is 0 Å². The standard InChI is InChI=1S/C32H35N3O6/c1-21(40-19-22-10-4-3-5-11-22)29(30(36)35-17-16-34(2)28(18-35)31(37)38)33-32(39)41-20-27-25-14-8-6-12-23(25)24-13-7-9-15-26(24)27/h3-15,21,27-29H,16-20H2,1-2H3,(H,33,39)(H,37,38). The van der Waals surface area contributed by atoms with Crippen LogP contribution in [0.1, 0.15) is 29.5 Å². The lowest BCUT2D eigenvalue weighted by atomic mass is 9.98. The Bertz CT molecular complexity index is 1350. The molecule has 0 spiro atoms. The summed E-state index contributed by atoms with van der Waals surface area (Å²) in [6.07, 6.45) is -1.43. The van der Waals surface area contributed by atoms with Crippen molar-refractivity contribution >= 4 is 18.0 Å². The number of carbonyl (C=O) groups is 3. The molecule has 2 amide bonds. The van der Waals surface area contributed by atoms with E-state index in [4.69, 9.17) is 9.47 Å². The number of carboxylic acid groups (broad SMARTS) is 1. The zero-order valence-corrected chi connectivity index (χ0v) is 23.2. The Morgan fingerprint density at radius 3 is 2.17 bits per heavy atom. The van der Waals surface area contributed by atoms with Crippen LogP contribution in [0.25, 0.3) is 11.1 Å². The molecule has 0 saturated carbocycles. The van der Waals surface area contributed by atoms with Crippen molar-refractivity contribution in [3.63, 3.8) is 0 Å². The molecule has 2 N–H and O–H groups in total. The highest BCUT2D eigenvalue weighted by molar-refractivity contribution is 5.87. The Kier molecular flexibility index (Phi) is 8.66. The summed E-state index contributed by atoms with van der Waals surface area (Å²) >= 11 is 0. The Balaban J connectivity index is 1.29. The minimum absolute atomic E-state index is 0.0128. The number of benzene rings is 3. The number of carbonyl (C=O) groups excluding carboxylic acids is 2. The third-order valence-corrected chi connectivity index (χ3v) is 7.95. The minimum atomic E-state index is -1.06. The molecule has 41 heavy (non-hydrogen) atoms. The molecule has 0 aromatic heterocycles. The van der Waals surface area contributed by atoms with Crippen LogP contribution in [-0.4, -0.2) is 84.4 Å². The van der Waals surface area contributed by atoms with Crippen LogP contribution in [0.4, 0.5) is 4.79 Å². The van der Waals surface area contributed by atoms with E-state index in [1.807, 2.05) is 66.7 Å². The highest BCUT2D eigenvalue weighted by Crippen LogP contribution is 2.44. The lowest BCUT2D eigenvalue weighted by molar-refractivity contribution is -0.149. The van der Waals surface area contributed by atoms with Crippen molar-refractivity contribution < 1.29 is 29.0 Å². The van der Waals surface area contributed by atoms with Gasteiger partial charge in [0.2, 0.25) is 5.91 Å². The van der Waals surface area contributed by atoms with Gasteiger partial charge in [-0.2, -0.15) is 0 Å². The molecule has 1 aliphatic heterocycles. The first-order valence-electron chi connectivity index (χ1n) is 13.8. The third-order valence-electron chi connectivity index (χ3n) is 7.95. The van der Waals surface area contributed by atoms with Gasteiger partial charge in [-0.1, -0.05) is 78.9 Å². The number of hydrogen-bond acceptors (Lipinski definition) is 6. The zero-order chi connectivity index (χ0) is 28.9. The van der Waals surface area contributed by atoms with Crippen LogP contribution < -0.4 is 5.32 Å². The smallest absolute Gasteiger partial charge is 0.407 e. The summed E-state index contributed by atoms with van der Waals surface area (Å²) < 4.78 is 11.7. The van der Waals surface area contributed by atoms with Crippen molar-refractivity contribution in [2.24, 2.45) is 0 Å². The van der Waals surface area contributed by atoms with Gasteiger partial charge in [0.15, 0.2) is 0 Å². The summed E-state index contributed by atoms with van der Waals surface area (Å²) in [5, 5.41) is 12.4. The first-order valence-corrected chi connectivity index (χ1v) is 13.8. The molecule has 1 fully saturated rings. The molecule has 2 aliphatic rings. The molecule has 9 nitrogen and oxygen atoms in total. The van der Waals surface area contributed by atoms with E-state index >= 15 is 0 Å². The maximum atomic E-state index is 13.7. The van der Waals surface area contributed by atoms with Gasteiger partial charge in [-0.3, -0.25) is 14.5 Å². The molecule has 3 aromatic carbocycles. The van der Waals surface area contributed by atoms with Gasteiger partial charge >= 0.3 is 12.1 Å². The van der Waals surface area contributed by atoms with Crippen molar-refractivity contribution in [2.75, 3.05) is 33.3 Å². The number of rotatable bonds is 9. The minimum Gasteiger partial charge on any atom is -0.480 e. The van der Waals surface area contributed by atoms with E-state index in [1.165, 1.54) is 4.90 Å². The molecular weight excluding hydrogens is 522 g/mol. The SMILES string of the molecule is CC(OCc1ccccc1)C(NC(=O)OCC1c2ccccc2-c2ccccc21)C(=O)N1CCN(C)C(C(=O)O)C1. The fourth-order valence-electron chi connectivity index (χ4n) is 5.58. The van der Waals surface area contributed by atoms with Crippen LogP contribution in [0.3, 0.4) is 0 Å². The molecule has 0 bridgehead atoms. The van der Waals surface area contributed by atoms with Gasteiger partial charge < -0.3 is 24.8 Å². The average molecular weight is 558 g/mol. The number of hydrogen-bond donors (Lipinski definition) is 2. The molecule has 0 radical (unpaired) electrons. The van der Waals surface area contributed by atoms with Crippen LogP contribution >= 0.6 is 0 Å². The first-order chi connectivity index (χ1) is 19.8. The fourth-order valence-corrected chi connectivity index (χ4v) is 5.58. The third kappa shape index (κ3) is 6.26. The number of piperazine rings is 1. The molecule has 3 aromatic rings. The topological polar surface area (TPSA) is 108 Å². The van der Waals surface area contributed by atoms with Crippen LogP contribution in [0.15, 0.2) is 78.9 Å². The van der Waals surface area contributed by atoms with Crippen molar-refractivity contribution in [3.05, 3.63) is 95.6 Å². The second-order valence-electron chi connectivity index (χ2n) is 10.6. The summed E-state index contributed by atoms with van der Waals surface area (Å²) in [5.74, 6) is -1.53. The van der Waals surface area contributed by atoms with Crippen LogP contribution in [0.2, 0.25) is 0 Å². The number of fused-ring (bicyclic) bond motifs is 3. The number of aliphatic carboxylic acids is 1. The molecule has 3 unspecified atom stereocenters. The highest BCUT2D eigenvalue weighted by atomic mass is 16.5. The predicted molar refractivity (Wildman–Crippen MR) is 153 cm³/mol. The van der Waals surface area contributed by atoms with Gasteiger partial charge in [-0.25, -0.2) is 4.79 Å². The summed E-state index contributed by atoms with van der Waals surface area (Å²) in [6.45, 7) is 2.83. The van der Waals surface area contributed by atoms with Crippen LogP contribution in [0.5, 0.6) is 0 Å². The summed E-state index contributed by atoms with van der Waals surface area (Å²) in [7, 11) is 1.72. The number of carboxylic acids is 1. The molecule has 5 rings (SSSR count). The predicted octanol–water partition coefficient (Wildman–Crippen LogP) is 3.73. The van der Waals surface area contributed by atoms with Gasteiger partial charge in [0.05, 0.1) is 12.7 Å². The van der Waals surface area contributed by atoms with E-state index in [9.17, 15) is 19.5 Å². The maximum absolute atomic E-state index is 13.7. The quantitative estimate of drug-likeness (QED) is 0.413. The molecular formula is C32H35N3O6. The lowest BCUT2D eigenvalue weighted by Crippen LogP contribution is -2.61. The zero-order valence-electron chi connectivity index (χ0n) is 23.2. The van der Waals surface area contributed by atoms with Gasteiger partial charge in [0.1, 0.15) is 18.7 Å². The molecule has 3 atom stereocenters. The average Bonchev–Trinajstić information content (AvgIpc) is 3.31. The maximum Gasteiger partial charge on any atom is 0.407 e. The van der Waals surface area contributed by atoms with E-state index < -0.39 is 36.2 Å². The summed E-state index contributed by atoms with van der Waals surface area (Å²) in [4.78, 5) is 41.8. The Morgan fingerprint density at radius 1 is 0.927 bits per heavy atom. The van der Waals surface area contributed by atoms with Crippen molar-refractivity contribution in [3.8, 4) is 11.1 Å². The second-order valence-corrected chi connectivity index (χ2v) is 10.6. The summed E-state index contributed by atoms with van der Waals surface area (Å²) in [6, 6.07) is 23.8. The van der Waals surface area contributed by atoms with Crippen molar-refractivity contribution in [1.82, 2.24) is 15.1 Å². The molecule has 9 heteroatoms. The number of amides is 2.